The molecule has 1 aromatic heterocycles. The van der Waals surface area contributed by atoms with Gasteiger partial charge in [0.05, 0.1) is 5.69 Å². The van der Waals surface area contributed by atoms with Crippen molar-refractivity contribution in [2.24, 2.45) is 0 Å². The standard InChI is InChI=1S/C16H21N3S/c1-3-20-15-10-6-9-14(15)17-16-13-8-5-4-7-12(13)11(2)18-19-16/h4-5,7-8,14-15H,3,6,9-10H2,1-2H3,(H,17,19). The smallest absolute Gasteiger partial charge is 0.156 e. The van der Waals surface area contributed by atoms with Crippen LogP contribution in [0.5, 0.6) is 0 Å². The van der Waals surface area contributed by atoms with Crippen LogP contribution in [0.3, 0.4) is 0 Å². The molecule has 0 aliphatic heterocycles. The van der Waals surface area contributed by atoms with Crippen molar-refractivity contribution in [2.45, 2.75) is 44.4 Å². The van der Waals surface area contributed by atoms with Crippen molar-refractivity contribution >= 4 is 28.4 Å². The molecule has 2 aromatic rings. The first-order valence-electron chi connectivity index (χ1n) is 7.39. The maximum atomic E-state index is 4.39. The van der Waals surface area contributed by atoms with Crippen molar-refractivity contribution < 1.29 is 0 Å². The number of aromatic nitrogens is 2. The van der Waals surface area contributed by atoms with Gasteiger partial charge in [0.2, 0.25) is 0 Å². The van der Waals surface area contributed by atoms with Crippen LogP contribution in [0, 0.1) is 6.92 Å². The fraction of sp³-hybridized carbons (Fsp3) is 0.500. The maximum Gasteiger partial charge on any atom is 0.156 e. The van der Waals surface area contributed by atoms with Gasteiger partial charge >= 0.3 is 0 Å². The Morgan fingerprint density at radius 3 is 2.80 bits per heavy atom. The summed E-state index contributed by atoms with van der Waals surface area (Å²) in [7, 11) is 0. The van der Waals surface area contributed by atoms with Gasteiger partial charge in [0.1, 0.15) is 0 Å². The highest BCUT2D eigenvalue weighted by atomic mass is 32.2. The lowest BCUT2D eigenvalue weighted by atomic mass is 10.1. The van der Waals surface area contributed by atoms with E-state index in [0.717, 1.165) is 11.5 Å². The number of benzene rings is 1. The third-order valence-electron chi connectivity index (χ3n) is 4.03. The maximum absolute atomic E-state index is 4.39. The zero-order valence-electron chi connectivity index (χ0n) is 12.1. The SMILES string of the molecule is CCSC1CCCC1Nc1nnc(C)c2ccccc12. The minimum Gasteiger partial charge on any atom is -0.364 e. The van der Waals surface area contributed by atoms with Gasteiger partial charge in [0, 0.05) is 22.1 Å². The summed E-state index contributed by atoms with van der Waals surface area (Å²) in [5.74, 6) is 2.13. The Balaban J connectivity index is 1.89. The lowest BCUT2D eigenvalue weighted by Gasteiger charge is -2.21. The van der Waals surface area contributed by atoms with E-state index in [-0.39, 0.29) is 0 Å². The average molecular weight is 287 g/mol. The Morgan fingerprint density at radius 2 is 2.00 bits per heavy atom. The number of aryl methyl sites for hydroxylation is 1. The Morgan fingerprint density at radius 1 is 1.20 bits per heavy atom. The van der Waals surface area contributed by atoms with Crippen LogP contribution in [-0.4, -0.2) is 27.2 Å². The molecule has 0 spiro atoms. The fourth-order valence-electron chi connectivity index (χ4n) is 3.02. The predicted molar refractivity (Wildman–Crippen MR) is 87.5 cm³/mol. The molecule has 3 rings (SSSR count). The molecule has 0 saturated heterocycles. The van der Waals surface area contributed by atoms with E-state index in [2.05, 4.69) is 58.5 Å². The van der Waals surface area contributed by atoms with Gasteiger partial charge in [-0.1, -0.05) is 37.6 Å². The van der Waals surface area contributed by atoms with Crippen LogP contribution in [-0.2, 0) is 0 Å². The quantitative estimate of drug-likeness (QED) is 0.921. The van der Waals surface area contributed by atoms with Crippen LogP contribution in [0.15, 0.2) is 24.3 Å². The second-order valence-corrected chi connectivity index (χ2v) is 6.87. The summed E-state index contributed by atoms with van der Waals surface area (Å²) in [6.07, 6.45) is 3.86. The molecule has 0 bridgehead atoms. The molecule has 20 heavy (non-hydrogen) atoms. The molecule has 0 radical (unpaired) electrons. The summed E-state index contributed by atoms with van der Waals surface area (Å²) >= 11 is 2.06. The third kappa shape index (κ3) is 2.62. The van der Waals surface area contributed by atoms with Crippen molar-refractivity contribution in [3.63, 3.8) is 0 Å². The van der Waals surface area contributed by atoms with E-state index < -0.39 is 0 Å². The molecule has 1 N–H and O–H groups in total. The second-order valence-electron chi connectivity index (χ2n) is 5.36. The molecule has 4 heteroatoms. The second kappa shape index (κ2) is 6.00. The number of thioether (sulfide) groups is 1. The largest absolute Gasteiger partial charge is 0.364 e. The fourth-order valence-corrected chi connectivity index (χ4v) is 4.22. The molecule has 1 aromatic carbocycles. The van der Waals surface area contributed by atoms with Gasteiger partial charge in [0.25, 0.3) is 0 Å². The van der Waals surface area contributed by atoms with Crippen molar-refractivity contribution in [3.8, 4) is 0 Å². The lowest BCUT2D eigenvalue weighted by Crippen LogP contribution is -2.27. The molecule has 3 nitrogen and oxygen atoms in total. The zero-order valence-corrected chi connectivity index (χ0v) is 12.9. The minimum atomic E-state index is 0.528. The molecule has 1 fully saturated rings. The van der Waals surface area contributed by atoms with Crippen molar-refractivity contribution in [2.75, 3.05) is 11.1 Å². The summed E-state index contributed by atoms with van der Waals surface area (Å²) in [6, 6.07) is 8.92. The van der Waals surface area contributed by atoms with Crippen LogP contribution in [0.2, 0.25) is 0 Å². The average Bonchev–Trinajstić information content (AvgIpc) is 2.90. The first kappa shape index (κ1) is 13.7. The number of hydrogen-bond donors (Lipinski definition) is 1. The number of rotatable bonds is 4. The van der Waals surface area contributed by atoms with Gasteiger partial charge in [-0.25, -0.2) is 0 Å². The summed E-state index contributed by atoms with van der Waals surface area (Å²) in [5.41, 5.74) is 0.997. The summed E-state index contributed by atoms with van der Waals surface area (Å²) in [6.45, 7) is 4.26. The van der Waals surface area contributed by atoms with E-state index in [4.69, 9.17) is 0 Å². The van der Waals surface area contributed by atoms with Crippen LogP contribution in [0.1, 0.15) is 31.9 Å². The zero-order chi connectivity index (χ0) is 13.9. The minimum absolute atomic E-state index is 0.528. The van der Waals surface area contributed by atoms with E-state index in [1.165, 1.54) is 35.8 Å². The van der Waals surface area contributed by atoms with Crippen LogP contribution < -0.4 is 5.32 Å². The van der Waals surface area contributed by atoms with E-state index in [9.17, 15) is 0 Å². The van der Waals surface area contributed by atoms with Crippen molar-refractivity contribution in [3.05, 3.63) is 30.0 Å². The summed E-state index contributed by atoms with van der Waals surface area (Å²) in [5, 5.41) is 15.4. The number of nitrogens with zero attached hydrogens (tertiary/aromatic N) is 2. The van der Waals surface area contributed by atoms with Gasteiger partial charge < -0.3 is 5.32 Å². The molecule has 2 atom stereocenters. The highest BCUT2D eigenvalue weighted by molar-refractivity contribution is 7.99. The van der Waals surface area contributed by atoms with Crippen LogP contribution in [0.25, 0.3) is 10.8 Å². The van der Waals surface area contributed by atoms with E-state index in [1.807, 2.05) is 6.92 Å². The summed E-state index contributed by atoms with van der Waals surface area (Å²) < 4.78 is 0. The first-order chi connectivity index (χ1) is 9.79. The molecule has 106 valence electrons. The Hall–Kier alpha value is -1.29. The van der Waals surface area contributed by atoms with Crippen molar-refractivity contribution in [1.82, 2.24) is 10.2 Å². The normalized spacial score (nSPS) is 22.3. The number of nitrogens with one attached hydrogen (secondary N) is 1. The number of anilines is 1. The number of fused-ring (bicyclic) bond motifs is 1. The van der Waals surface area contributed by atoms with Gasteiger partial charge in [-0.3, -0.25) is 0 Å². The predicted octanol–water partition coefficient (Wildman–Crippen LogP) is 4.02. The lowest BCUT2D eigenvalue weighted by molar-refractivity contribution is 0.759. The van der Waals surface area contributed by atoms with Crippen LogP contribution in [0.4, 0.5) is 5.82 Å². The molecule has 1 saturated carbocycles. The van der Waals surface area contributed by atoms with E-state index in [0.29, 0.717) is 11.3 Å². The van der Waals surface area contributed by atoms with Gasteiger partial charge in [-0.15, -0.1) is 5.10 Å². The Labute approximate surface area is 124 Å². The molecular weight excluding hydrogens is 266 g/mol. The molecule has 1 aliphatic rings. The highest BCUT2D eigenvalue weighted by Crippen LogP contribution is 2.33. The van der Waals surface area contributed by atoms with Crippen LogP contribution >= 0.6 is 11.8 Å². The highest BCUT2D eigenvalue weighted by Gasteiger charge is 2.27. The molecule has 2 unspecified atom stereocenters. The van der Waals surface area contributed by atoms with Gasteiger partial charge in [0.15, 0.2) is 5.82 Å². The molecule has 1 heterocycles. The van der Waals surface area contributed by atoms with E-state index >= 15 is 0 Å². The number of hydrogen-bond acceptors (Lipinski definition) is 4. The van der Waals surface area contributed by atoms with Crippen molar-refractivity contribution in [1.29, 1.82) is 0 Å². The Bertz CT molecular complexity index is 599. The Kier molecular flexibility index (Phi) is 4.10. The first-order valence-corrected chi connectivity index (χ1v) is 8.44. The van der Waals surface area contributed by atoms with Gasteiger partial charge in [-0.2, -0.15) is 16.9 Å². The topological polar surface area (TPSA) is 37.8 Å². The molecule has 1 aliphatic carbocycles. The van der Waals surface area contributed by atoms with Gasteiger partial charge in [-0.05, 0) is 25.5 Å². The summed E-state index contributed by atoms with van der Waals surface area (Å²) in [4.78, 5) is 0. The third-order valence-corrected chi connectivity index (χ3v) is 5.35. The monoisotopic (exact) mass is 287 g/mol. The molecular formula is C16H21N3S. The van der Waals surface area contributed by atoms with E-state index in [1.54, 1.807) is 0 Å². The molecule has 0 amide bonds.